The van der Waals surface area contributed by atoms with Crippen LogP contribution in [0.3, 0.4) is 0 Å². The summed E-state index contributed by atoms with van der Waals surface area (Å²) in [5, 5.41) is 4.88. The van der Waals surface area contributed by atoms with Crippen LogP contribution in [0.5, 0.6) is 0 Å². The smallest absolute Gasteiger partial charge is 0.310 e. The minimum absolute atomic E-state index is 0.0291. The highest BCUT2D eigenvalue weighted by Crippen LogP contribution is 2.32. The number of hydrogen-bond donors (Lipinski definition) is 0. The van der Waals surface area contributed by atoms with Crippen molar-refractivity contribution in [3.63, 3.8) is 0 Å². The Morgan fingerprint density at radius 1 is 1.13 bits per heavy atom. The number of ether oxygens (including phenoxy) is 1. The first-order valence-corrected chi connectivity index (χ1v) is 11.0. The van der Waals surface area contributed by atoms with Gasteiger partial charge in [0.25, 0.3) is 5.91 Å². The predicted molar refractivity (Wildman–Crippen MR) is 117 cm³/mol. The number of likely N-dealkylation sites (tertiary alicyclic amines) is 1. The predicted octanol–water partition coefficient (Wildman–Crippen LogP) is 4.53. The largest absolute Gasteiger partial charge is 0.466 e. The Bertz CT molecular complexity index is 887. The third-order valence-electron chi connectivity index (χ3n) is 5.59. The second kappa shape index (κ2) is 9.45. The van der Waals surface area contributed by atoms with E-state index >= 15 is 0 Å². The van der Waals surface area contributed by atoms with E-state index in [2.05, 4.69) is 27.7 Å². The number of rotatable bonds is 6. The van der Waals surface area contributed by atoms with Gasteiger partial charge in [-0.05, 0) is 43.7 Å². The Kier molecular flexibility index (Phi) is 6.95. The number of esters is 1. The highest BCUT2D eigenvalue weighted by molar-refractivity contribution is 5.97. The standard InChI is InChI=1S/C24H33N3O3/c1-6-30-24(29)18-11-10-14-26(15-18)23(28)20-21(16(2)3)25-27(22(20)17(4)5)19-12-8-7-9-13-19/h7-9,12-13,16-18H,6,10-11,14-15H2,1-5H3/t18-/m0/s1. The van der Waals surface area contributed by atoms with E-state index in [1.807, 2.05) is 46.8 Å². The zero-order valence-corrected chi connectivity index (χ0v) is 18.7. The number of piperidine rings is 1. The van der Waals surface area contributed by atoms with Crippen molar-refractivity contribution in [2.24, 2.45) is 5.92 Å². The number of hydrogen-bond acceptors (Lipinski definition) is 4. The number of benzene rings is 1. The van der Waals surface area contributed by atoms with E-state index in [4.69, 9.17) is 9.84 Å². The van der Waals surface area contributed by atoms with Crippen molar-refractivity contribution >= 4 is 11.9 Å². The molecule has 1 aromatic heterocycles. The maximum absolute atomic E-state index is 13.7. The maximum Gasteiger partial charge on any atom is 0.310 e. The summed E-state index contributed by atoms with van der Waals surface area (Å²) < 4.78 is 7.12. The first kappa shape index (κ1) is 22.1. The normalized spacial score (nSPS) is 16.9. The Balaban J connectivity index is 2.02. The summed E-state index contributed by atoms with van der Waals surface area (Å²) in [6.07, 6.45) is 1.57. The Morgan fingerprint density at radius 3 is 2.43 bits per heavy atom. The minimum atomic E-state index is -0.253. The molecule has 6 heteroatoms. The molecule has 0 bridgehead atoms. The summed E-state index contributed by atoms with van der Waals surface area (Å²) in [4.78, 5) is 27.8. The maximum atomic E-state index is 13.7. The van der Waals surface area contributed by atoms with Crippen LogP contribution in [0, 0.1) is 5.92 Å². The number of aromatic nitrogens is 2. The van der Waals surface area contributed by atoms with Crippen molar-refractivity contribution in [3.05, 3.63) is 47.3 Å². The number of carbonyl (C=O) groups is 2. The van der Waals surface area contributed by atoms with Gasteiger partial charge in [-0.1, -0.05) is 45.9 Å². The summed E-state index contributed by atoms with van der Waals surface area (Å²) in [5.74, 6) is -0.259. The van der Waals surface area contributed by atoms with Crippen molar-refractivity contribution < 1.29 is 14.3 Å². The summed E-state index contributed by atoms with van der Waals surface area (Å²) in [6, 6.07) is 9.95. The minimum Gasteiger partial charge on any atom is -0.466 e. The molecule has 2 heterocycles. The number of para-hydroxylation sites is 1. The molecule has 1 aromatic carbocycles. The summed E-state index contributed by atoms with van der Waals surface area (Å²) in [5.41, 5.74) is 3.37. The van der Waals surface area contributed by atoms with E-state index in [0.29, 0.717) is 25.3 Å². The molecule has 0 unspecified atom stereocenters. The number of carbonyl (C=O) groups excluding carboxylic acids is 2. The molecule has 1 amide bonds. The van der Waals surface area contributed by atoms with Crippen molar-refractivity contribution in [2.75, 3.05) is 19.7 Å². The second-order valence-electron chi connectivity index (χ2n) is 8.54. The van der Waals surface area contributed by atoms with Crippen LogP contribution in [0.1, 0.15) is 81.0 Å². The van der Waals surface area contributed by atoms with Crippen molar-refractivity contribution in [1.82, 2.24) is 14.7 Å². The molecule has 3 rings (SSSR count). The molecule has 0 aliphatic carbocycles. The Labute approximate surface area is 179 Å². The van der Waals surface area contributed by atoms with Crippen LogP contribution in [0.25, 0.3) is 5.69 Å². The quantitative estimate of drug-likeness (QED) is 0.655. The monoisotopic (exact) mass is 411 g/mol. The van der Waals surface area contributed by atoms with Gasteiger partial charge in [-0.25, -0.2) is 4.68 Å². The summed E-state index contributed by atoms with van der Waals surface area (Å²) >= 11 is 0. The van der Waals surface area contributed by atoms with Crippen LogP contribution < -0.4 is 0 Å². The highest BCUT2D eigenvalue weighted by Gasteiger charge is 2.34. The number of nitrogens with zero attached hydrogens (tertiary/aromatic N) is 3. The van der Waals surface area contributed by atoms with Crippen molar-refractivity contribution in [1.29, 1.82) is 0 Å². The first-order valence-electron chi connectivity index (χ1n) is 11.0. The third kappa shape index (κ3) is 4.42. The van der Waals surface area contributed by atoms with Gasteiger partial charge < -0.3 is 9.64 Å². The molecule has 0 spiro atoms. The fourth-order valence-corrected chi connectivity index (χ4v) is 4.14. The van der Waals surface area contributed by atoms with Crippen LogP contribution in [0.4, 0.5) is 0 Å². The fraction of sp³-hybridized carbons (Fsp3) is 0.542. The van der Waals surface area contributed by atoms with Gasteiger partial charge in [0.05, 0.1) is 35.2 Å². The van der Waals surface area contributed by atoms with E-state index in [-0.39, 0.29) is 29.6 Å². The van der Waals surface area contributed by atoms with E-state index in [1.54, 1.807) is 0 Å². The zero-order chi connectivity index (χ0) is 21.8. The summed E-state index contributed by atoms with van der Waals surface area (Å²) in [6.45, 7) is 11.5. The van der Waals surface area contributed by atoms with E-state index in [0.717, 1.165) is 29.9 Å². The molecule has 0 saturated carbocycles. The lowest BCUT2D eigenvalue weighted by Gasteiger charge is -2.32. The molecule has 1 aliphatic rings. The lowest BCUT2D eigenvalue weighted by molar-refractivity contribution is -0.149. The zero-order valence-electron chi connectivity index (χ0n) is 18.7. The molecule has 1 atom stereocenters. The lowest BCUT2D eigenvalue weighted by Crippen LogP contribution is -2.43. The molecule has 162 valence electrons. The lowest BCUT2D eigenvalue weighted by atomic mass is 9.94. The van der Waals surface area contributed by atoms with E-state index < -0.39 is 0 Å². The molecule has 1 aliphatic heterocycles. The van der Waals surface area contributed by atoms with Crippen molar-refractivity contribution in [2.45, 2.75) is 59.3 Å². The van der Waals surface area contributed by atoms with Crippen LogP contribution in [0.2, 0.25) is 0 Å². The molecule has 1 saturated heterocycles. The SMILES string of the molecule is CCOC(=O)[C@H]1CCCN(C(=O)c2c(C(C)C)nn(-c3ccccc3)c2C(C)C)C1. The van der Waals surface area contributed by atoms with E-state index in [9.17, 15) is 9.59 Å². The molecule has 6 nitrogen and oxygen atoms in total. The molecule has 2 aromatic rings. The van der Waals surface area contributed by atoms with Gasteiger partial charge in [0.2, 0.25) is 0 Å². The van der Waals surface area contributed by atoms with Crippen LogP contribution in [-0.2, 0) is 9.53 Å². The van der Waals surface area contributed by atoms with Crippen LogP contribution in [0.15, 0.2) is 30.3 Å². The van der Waals surface area contributed by atoms with Crippen LogP contribution >= 0.6 is 0 Å². The topological polar surface area (TPSA) is 64.4 Å². The van der Waals surface area contributed by atoms with Gasteiger partial charge >= 0.3 is 5.97 Å². The van der Waals surface area contributed by atoms with Gasteiger partial charge in [-0.3, -0.25) is 9.59 Å². The third-order valence-corrected chi connectivity index (χ3v) is 5.59. The molecule has 0 N–H and O–H groups in total. The van der Waals surface area contributed by atoms with Gasteiger partial charge in [0, 0.05) is 13.1 Å². The Hall–Kier alpha value is -2.63. The average molecular weight is 412 g/mol. The highest BCUT2D eigenvalue weighted by atomic mass is 16.5. The molecule has 30 heavy (non-hydrogen) atoms. The Morgan fingerprint density at radius 2 is 1.83 bits per heavy atom. The number of amides is 1. The van der Waals surface area contributed by atoms with Gasteiger partial charge in [-0.15, -0.1) is 0 Å². The fourth-order valence-electron chi connectivity index (χ4n) is 4.14. The first-order chi connectivity index (χ1) is 14.3. The van der Waals surface area contributed by atoms with Crippen LogP contribution in [-0.4, -0.2) is 46.3 Å². The second-order valence-corrected chi connectivity index (χ2v) is 8.54. The molecule has 1 fully saturated rings. The summed E-state index contributed by atoms with van der Waals surface area (Å²) in [7, 11) is 0. The van der Waals surface area contributed by atoms with Crippen molar-refractivity contribution in [3.8, 4) is 5.69 Å². The van der Waals surface area contributed by atoms with Gasteiger partial charge in [0.1, 0.15) is 0 Å². The molecular weight excluding hydrogens is 378 g/mol. The van der Waals surface area contributed by atoms with Gasteiger partial charge in [-0.2, -0.15) is 5.10 Å². The molecular formula is C24H33N3O3. The van der Waals surface area contributed by atoms with E-state index in [1.165, 1.54) is 0 Å². The van der Waals surface area contributed by atoms with Gasteiger partial charge in [0.15, 0.2) is 0 Å². The average Bonchev–Trinajstić information content (AvgIpc) is 3.15. The molecule has 0 radical (unpaired) electrons.